The van der Waals surface area contributed by atoms with Crippen LogP contribution in [0.5, 0.6) is 5.75 Å². The third-order valence-electron chi connectivity index (χ3n) is 9.97. The van der Waals surface area contributed by atoms with E-state index in [-0.39, 0.29) is 11.5 Å². The highest BCUT2D eigenvalue weighted by Gasteiger charge is 2.34. The molecule has 0 bridgehead atoms. The zero-order chi connectivity index (χ0) is 33.7. The van der Waals surface area contributed by atoms with Crippen LogP contribution in [0, 0.1) is 6.92 Å². The number of nitrogens with two attached hydrogens (primary N) is 1. The number of ketones is 1. The van der Waals surface area contributed by atoms with E-state index in [1.165, 1.54) is 28.8 Å². The summed E-state index contributed by atoms with van der Waals surface area (Å²) in [4.78, 5) is 17.9. The van der Waals surface area contributed by atoms with Gasteiger partial charge in [0, 0.05) is 74.9 Å². The molecule has 0 atom stereocenters. The van der Waals surface area contributed by atoms with E-state index in [0.29, 0.717) is 19.3 Å². The van der Waals surface area contributed by atoms with Gasteiger partial charge in [-0.2, -0.15) is 0 Å². The lowest BCUT2D eigenvalue weighted by molar-refractivity contribution is -0.274. The van der Waals surface area contributed by atoms with Crippen molar-refractivity contribution in [3.63, 3.8) is 0 Å². The highest BCUT2D eigenvalue weighted by Crippen LogP contribution is 2.34. The van der Waals surface area contributed by atoms with E-state index in [2.05, 4.69) is 80.0 Å². The SMILES string of the molecule is Cc1ccccc1CN1CCN(Cc2ccc3c(c2)c(-c2ccc(OC(F)(F)F)cc2)cn3CCCCC(=O)C2(N)CCNCC2)CC1. The average molecular weight is 662 g/mol. The molecular weight excluding hydrogens is 615 g/mol. The number of rotatable bonds is 12. The molecule has 2 aliphatic rings. The molecule has 3 N–H and O–H groups in total. The maximum Gasteiger partial charge on any atom is 0.573 e. The quantitative estimate of drug-likeness (QED) is 0.166. The summed E-state index contributed by atoms with van der Waals surface area (Å²) in [6.07, 6.45) is 0.722. The monoisotopic (exact) mass is 661 g/mol. The highest BCUT2D eigenvalue weighted by molar-refractivity contribution is 5.96. The molecule has 1 aromatic heterocycles. The van der Waals surface area contributed by atoms with E-state index in [9.17, 15) is 18.0 Å². The standard InChI is InChI=1S/C38H46F3N5O2/c1-28-6-2-3-7-31(28)26-45-22-20-44(21-23-45)25-29-9-14-35-33(24-29)34(30-10-12-32(13-11-30)48-38(39,40)41)27-46(35)19-5-4-8-36(47)37(42)15-17-43-18-16-37/h2-3,6-7,9-14,24,27,43H,4-5,8,15-23,25-26,42H2,1H3. The number of benzene rings is 3. The molecule has 0 spiro atoms. The summed E-state index contributed by atoms with van der Waals surface area (Å²) in [6.45, 7) is 10.2. The van der Waals surface area contributed by atoms with E-state index in [1.54, 1.807) is 12.1 Å². The van der Waals surface area contributed by atoms with Gasteiger partial charge in [-0.25, -0.2) is 0 Å². The Morgan fingerprint density at radius 1 is 0.917 bits per heavy atom. The number of halogens is 3. The van der Waals surface area contributed by atoms with Crippen LogP contribution in [-0.4, -0.2) is 71.3 Å². The van der Waals surface area contributed by atoms with Crippen molar-refractivity contribution in [2.75, 3.05) is 39.3 Å². The molecule has 0 saturated carbocycles. The van der Waals surface area contributed by atoms with Crippen LogP contribution < -0.4 is 15.8 Å². The van der Waals surface area contributed by atoms with Crippen molar-refractivity contribution < 1.29 is 22.7 Å². The van der Waals surface area contributed by atoms with Crippen molar-refractivity contribution in [2.24, 2.45) is 5.73 Å². The summed E-state index contributed by atoms with van der Waals surface area (Å²) in [5.41, 5.74) is 12.5. The molecule has 0 radical (unpaired) electrons. The second-order valence-corrected chi connectivity index (χ2v) is 13.4. The molecule has 2 aliphatic heterocycles. The van der Waals surface area contributed by atoms with Crippen molar-refractivity contribution in [3.8, 4) is 16.9 Å². The van der Waals surface area contributed by atoms with Crippen molar-refractivity contribution in [1.82, 2.24) is 19.7 Å². The molecule has 0 unspecified atom stereocenters. The van der Waals surface area contributed by atoms with Gasteiger partial charge in [0.05, 0.1) is 5.54 Å². The van der Waals surface area contributed by atoms with Gasteiger partial charge in [0.2, 0.25) is 0 Å². The number of ether oxygens (including phenoxy) is 1. The van der Waals surface area contributed by atoms with E-state index >= 15 is 0 Å². The summed E-state index contributed by atoms with van der Waals surface area (Å²) >= 11 is 0. The molecule has 0 amide bonds. The first kappa shape index (κ1) is 34.2. The van der Waals surface area contributed by atoms with Crippen LogP contribution >= 0.6 is 0 Å². The number of piperazine rings is 1. The van der Waals surface area contributed by atoms with Gasteiger partial charge in [0.1, 0.15) is 5.75 Å². The summed E-state index contributed by atoms with van der Waals surface area (Å²) in [5.74, 6) is -0.0998. The largest absolute Gasteiger partial charge is 0.573 e. The predicted octanol–water partition coefficient (Wildman–Crippen LogP) is 6.65. The number of nitrogens with one attached hydrogen (secondary N) is 1. The van der Waals surface area contributed by atoms with Crippen LogP contribution in [0.15, 0.2) is 72.9 Å². The minimum Gasteiger partial charge on any atom is -0.406 e. The summed E-state index contributed by atoms with van der Waals surface area (Å²) in [7, 11) is 0. The van der Waals surface area contributed by atoms with Crippen molar-refractivity contribution in [2.45, 2.75) is 70.6 Å². The Labute approximate surface area is 280 Å². The third kappa shape index (κ3) is 8.47. The summed E-state index contributed by atoms with van der Waals surface area (Å²) in [6, 6.07) is 21.2. The van der Waals surface area contributed by atoms with Gasteiger partial charge in [0.15, 0.2) is 5.78 Å². The molecule has 6 rings (SSSR count). The molecule has 7 nitrogen and oxygen atoms in total. The maximum atomic E-state index is 12.9. The Morgan fingerprint density at radius 2 is 1.60 bits per heavy atom. The van der Waals surface area contributed by atoms with Crippen molar-refractivity contribution >= 4 is 16.7 Å². The number of hydrogen-bond acceptors (Lipinski definition) is 6. The highest BCUT2D eigenvalue weighted by atomic mass is 19.4. The number of Topliss-reactive ketones (excluding diaryl/α,β-unsaturated/α-hetero) is 1. The van der Waals surface area contributed by atoms with Gasteiger partial charge < -0.3 is 20.4 Å². The lowest BCUT2D eigenvalue weighted by atomic mass is 9.83. The molecule has 3 aromatic carbocycles. The Hall–Kier alpha value is -3.70. The number of hydrogen-bond donors (Lipinski definition) is 2. The van der Waals surface area contributed by atoms with Gasteiger partial charge in [0.25, 0.3) is 0 Å². The summed E-state index contributed by atoms with van der Waals surface area (Å²) < 4.78 is 44.7. The van der Waals surface area contributed by atoms with Gasteiger partial charge in [-0.3, -0.25) is 14.6 Å². The number of piperidine rings is 1. The second-order valence-electron chi connectivity index (χ2n) is 13.4. The first-order valence-electron chi connectivity index (χ1n) is 17.1. The van der Waals surface area contributed by atoms with Crippen LogP contribution in [0.1, 0.15) is 48.8 Å². The van der Waals surface area contributed by atoms with E-state index in [1.807, 2.05) is 0 Å². The Bertz CT molecular complexity index is 1690. The van der Waals surface area contributed by atoms with Crippen LogP contribution in [0.25, 0.3) is 22.0 Å². The van der Waals surface area contributed by atoms with Crippen molar-refractivity contribution in [3.05, 3.63) is 89.6 Å². The molecule has 2 fully saturated rings. The number of aromatic nitrogens is 1. The normalized spacial score (nSPS) is 17.5. The number of nitrogens with zero attached hydrogens (tertiary/aromatic N) is 3. The fourth-order valence-electron chi connectivity index (χ4n) is 7.05. The van der Waals surface area contributed by atoms with Gasteiger partial charge in [-0.05, 0) is 92.2 Å². The smallest absolute Gasteiger partial charge is 0.406 e. The zero-order valence-electron chi connectivity index (χ0n) is 27.7. The van der Waals surface area contributed by atoms with Crippen LogP contribution in [0.4, 0.5) is 13.2 Å². The van der Waals surface area contributed by atoms with Gasteiger partial charge >= 0.3 is 6.36 Å². The lowest BCUT2D eigenvalue weighted by Gasteiger charge is -2.35. The van der Waals surface area contributed by atoms with E-state index < -0.39 is 11.9 Å². The Balaban J connectivity index is 1.15. The molecule has 4 aromatic rings. The zero-order valence-corrected chi connectivity index (χ0v) is 27.7. The average Bonchev–Trinajstić information content (AvgIpc) is 3.42. The minimum absolute atomic E-state index is 0.142. The molecular formula is C38H46F3N5O2. The number of fused-ring (bicyclic) bond motifs is 1. The number of carbonyl (C=O) groups excluding carboxylic acids is 1. The number of alkyl halides is 3. The fourth-order valence-corrected chi connectivity index (χ4v) is 7.05. The van der Waals surface area contributed by atoms with Gasteiger partial charge in [-0.1, -0.05) is 42.5 Å². The third-order valence-corrected chi connectivity index (χ3v) is 9.97. The molecule has 0 aliphatic carbocycles. The predicted molar refractivity (Wildman–Crippen MR) is 184 cm³/mol. The van der Waals surface area contributed by atoms with Crippen LogP contribution in [0.3, 0.4) is 0 Å². The molecule has 3 heterocycles. The topological polar surface area (TPSA) is 75.8 Å². The van der Waals surface area contributed by atoms with Gasteiger partial charge in [-0.15, -0.1) is 13.2 Å². The second kappa shape index (κ2) is 14.8. The molecule has 10 heteroatoms. The first-order chi connectivity index (χ1) is 23.1. The van der Waals surface area contributed by atoms with E-state index in [0.717, 1.165) is 93.8 Å². The van der Waals surface area contributed by atoms with Crippen LogP contribution in [-0.2, 0) is 24.4 Å². The lowest BCUT2D eigenvalue weighted by Crippen LogP contribution is -2.54. The summed E-state index contributed by atoms with van der Waals surface area (Å²) in [5, 5.41) is 4.33. The van der Waals surface area contributed by atoms with Crippen molar-refractivity contribution in [1.29, 1.82) is 0 Å². The first-order valence-corrected chi connectivity index (χ1v) is 17.1. The Morgan fingerprint density at radius 3 is 2.29 bits per heavy atom. The number of carbonyl (C=O) groups is 1. The number of aryl methyl sites for hydroxylation is 2. The fraction of sp³-hybridized carbons (Fsp3) is 0.447. The molecule has 256 valence electrons. The molecule has 2 saturated heterocycles. The number of unbranched alkanes of at least 4 members (excludes halogenated alkanes) is 1. The Kier molecular flexibility index (Phi) is 10.6. The molecule has 48 heavy (non-hydrogen) atoms. The van der Waals surface area contributed by atoms with E-state index in [4.69, 9.17) is 5.73 Å². The minimum atomic E-state index is -4.74. The van der Waals surface area contributed by atoms with Crippen LogP contribution in [0.2, 0.25) is 0 Å². The maximum absolute atomic E-state index is 12.9.